The molecular weight excluding hydrogens is 259 g/mol. The summed E-state index contributed by atoms with van der Waals surface area (Å²) < 4.78 is 24.6. The van der Waals surface area contributed by atoms with Gasteiger partial charge in [0.05, 0.1) is 18.4 Å². The summed E-state index contributed by atoms with van der Waals surface area (Å²) in [6.45, 7) is 3.70. The molecule has 2 rings (SSSR count). The number of hydrogen-bond donors (Lipinski definition) is 0. The van der Waals surface area contributed by atoms with E-state index in [0.717, 1.165) is 25.7 Å². The van der Waals surface area contributed by atoms with E-state index in [0.29, 0.717) is 6.16 Å². The van der Waals surface area contributed by atoms with E-state index in [2.05, 4.69) is 6.58 Å². The lowest BCUT2D eigenvalue weighted by molar-refractivity contribution is 0.0803. The number of hydrogen-bond acceptors (Lipinski definition) is 3. The quantitative estimate of drug-likeness (QED) is 0.505. The molecule has 0 aromatic carbocycles. The van der Waals surface area contributed by atoms with Gasteiger partial charge in [0.2, 0.25) is 0 Å². The number of allylic oxidation sites excluding steroid dienone is 1. The van der Waals surface area contributed by atoms with Gasteiger partial charge in [-0.1, -0.05) is 44.6 Å². The van der Waals surface area contributed by atoms with Crippen molar-refractivity contribution in [3.63, 3.8) is 0 Å². The van der Waals surface area contributed by atoms with Crippen LogP contribution in [0.25, 0.3) is 0 Å². The second kappa shape index (κ2) is 7.61. The van der Waals surface area contributed by atoms with Crippen LogP contribution in [0.3, 0.4) is 0 Å². The molecule has 110 valence electrons. The molecule has 2 saturated carbocycles. The fraction of sp³-hybridized carbons (Fsp3) is 0.867. The van der Waals surface area contributed by atoms with Crippen molar-refractivity contribution in [3.05, 3.63) is 12.7 Å². The standard InChI is InChI=1S/C15H27O3P/c1-2-13-19(16,17-14-9-5-3-6-10-14)18-15-11-7-4-8-12-15/h2,14-15H,1,3-13H2. The molecule has 0 amide bonds. The summed E-state index contributed by atoms with van der Waals surface area (Å²) in [5.74, 6) is 0. The van der Waals surface area contributed by atoms with E-state index < -0.39 is 7.60 Å². The third-order valence-electron chi connectivity index (χ3n) is 4.08. The van der Waals surface area contributed by atoms with E-state index in [1.807, 2.05) is 0 Å². The Labute approximate surface area is 117 Å². The highest BCUT2D eigenvalue weighted by atomic mass is 31.2. The van der Waals surface area contributed by atoms with E-state index >= 15 is 0 Å². The minimum Gasteiger partial charge on any atom is -0.305 e. The van der Waals surface area contributed by atoms with Gasteiger partial charge in [-0.2, -0.15) is 0 Å². The smallest absolute Gasteiger partial charge is 0.305 e. The SMILES string of the molecule is C=CCP(=O)(OC1CCCCC1)OC1CCCCC1. The molecule has 0 atom stereocenters. The highest BCUT2D eigenvalue weighted by Gasteiger charge is 2.32. The number of rotatable bonds is 6. The van der Waals surface area contributed by atoms with Crippen LogP contribution in [0.15, 0.2) is 12.7 Å². The van der Waals surface area contributed by atoms with E-state index in [4.69, 9.17) is 9.05 Å². The summed E-state index contributed by atoms with van der Waals surface area (Å²) in [4.78, 5) is 0. The van der Waals surface area contributed by atoms with Crippen LogP contribution in [0.4, 0.5) is 0 Å². The maximum absolute atomic E-state index is 12.8. The molecule has 0 saturated heterocycles. The topological polar surface area (TPSA) is 35.5 Å². The summed E-state index contributed by atoms with van der Waals surface area (Å²) in [6, 6.07) is 0. The zero-order valence-electron chi connectivity index (χ0n) is 11.9. The largest absolute Gasteiger partial charge is 0.334 e. The summed E-state index contributed by atoms with van der Waals surface area (Å²) in [6.07, 6.45) is 13.6. The van der Waals surface area contributed by atoms with Gasteiger partial charge in [-0.15, -0.1) is 6.58 Å². The van der Waals surface area contributed by atoms with Crippen molar-refractivity contribution in [2.24, 2.45) is 0 Å². The van der Waals surface area contributed by atoms with Crippen LogP contribution in [-0.2, 0) is 13.6 Å². The Kier molecular flexibility index (Phi) is 6.12. The average Bonchev–Trinajstić information content (AvgIpc) is 2.41. The summed E-state index contributed by atoms with van der Waals surface area (Å²) in [5, 5.41) is 0. The molecule has 0 spiro atoms. The van der Waals surface area contributed by atoms with Crippen molar-refractivity contribution in [3.8, 4) is 0 Å². The van der Waals surface area contributed by atoms with Gasteiger partial charge in [0.25, 0.3) is 0 Å². The molecule has 0 N–H and O–H groups in total. The Morgan fingerprint density at radius 2 is 1.32 bits per heavy atom. The van der Waals surface area contributed by atoms with Crippen LogP contribution >= 0.6 is 7.60 Å². The zero-order valence-corrected chi connectivity index (χ0v) is 12.8. The minimum atomic E-state index is -2.97. The molecule has 0 aliphatic heterocycles. The van der Waals surface area contributed by atoms with Crippen molar-refractivity contribution >= 4 is 7.60 Å². The van der Waals surface area contributed by atoms with Gasteiger partial charge in [0.1, 0.15) is 0 Å². The van der Waals surface area contributed by atoms with Gasteiger partial charge >= 0.3 is 7.60 Å². The van der Waals surface area contributed by atoms with E-state index in [1.165, 1.54) is 38.5 Å². The first-order valence-electron chi connectivity index (χ1n) is 7.78. The highest BCUT2D eigenvalue weighted by molar-refractivity contribution is 7.54. The highest BCUT2D eigenvalue weighted by Crippen LogP contribution is 2.53. The molecule has 4 heteroatoms. The lowest BCUT2D eigenvalue weighted by Gasteiger charge is -2.30. The Bertz CT molecular complexity index is 293. The van der Waals surface area contributed by atoms with Crippen molar-refractivity contribution in [1.82, 2.24) is 0 Å². The maximum atomic E-state index is 12.8. The summed E-state index contributed by atoms with van der Waals surface area (Å²) >= 11 is 0. The van der Waals surface area contributed by atoms with Gasteiger partial charge in [-0.3, -0.25) is 4.57 Å². The van der Waals surface area contributed by atoms with E-state index in [-0.39, 0.29) is 12.2 Å². The molecule has 0 aromatic heterocycles. The fourth-order valence-electron chi connectivity index (χ4n) is 3.06. The predicted molar refractivity (Wildman–Crippen MR) is 78.6 cm³/mol. The summed E-state index contributed by atoms with van der Waals surface area (Å²) in [5.41, 5.74) is 0. The van der Waals surface area contributed by atoms with E-state index in [9.17, 15) is 4.57 Å². The van der Waals surface area contributed by atoms with Gasteiger partial charge in [-0.05, 0) is 25.7 Å². The molecule has 0 radical (unpaired) electrons. The lowest BCUT2D eigenvalue weighted by atomic mass is 9.98. The second-order valence-electron chi connectivity index (χ2n) is 5.81. The van der Waals surface area contributed by atoms with Crippen LogP contribution in [-0.4, -0.2) is 18.4 Å². The molecule has 2 fully saturated rings. The van der Waals surface area contributed by atoms with Crippen molar-refractivity contribution in [2.75, 3.05) is 6.16 Å². The first kappa shape index (κ1) is 15.3. The summed E-state index contributed by atoms with van der Waals surface area (Å²) in [7, 11) is -2.97. The van der Waals surface area contributed by atoms with Crippen molar-refractivity contribution in [1.29, 1.82) is 0 Å². The predicted octanol–water partition coefficient (Wildman–Crippen LogP) is 5.06. The molecule has 2 aliphatic carbocycles. The molecule has 0 unspecified atom stereocenters. The average molecular weight is 286 g/mol. The van der Waals surface area contributed by atoms with Crippen LogP contribution in [0.1, 0.15) is 64.2 Å². The molecule has 0 heterocycles. The van der Waals surface area contributed by atoms with E-state index in [1.54, 1.807) is 6.08 Å². The first-order valence-corrected chi connectivity index (χ1v) is 9.51. The maximum Gasteiger partial charge on any atom is 0.334 e. The van der Waals surface area contributed by atoms with Crippen molar-refractivity contribution in [2.45, 2.75) is 76.4 Å². The first-order chi connectivity index (χ1) is 9.22. The minimum absolute atomic E-state index is 0.128. The van der Waals surface area contributed by atoms with Gasteiger partial charge < -0.3 is 9.05 Å². The van der Waals surface area contributed by atoms with Crippen LogP contribution in [0.2, 0.25) is 0 Å². The van der Waals surface area contributed by atoms with Crippen LogP contribution in [0, 0.1) is 0 Å². The Hall–Kier alpha value is -0.110. The van der Waals surface area contributed by atoms with Gasteiger partial charge in [0, 0.05) is 0 Å². The monoisotopic (exact) mass is 286 g/mol. The van der Waals surface area contributed by atoms with Gasteiger partial charge in [0.15, 0.2) is 0 Å². The third-order valence-corrected chi connectivity index (χ3v) is 6.02. The van der Waals surface area contributed by atoms with Crippen LogP contribution < -0.4 is 0 Å². The molecule has 2 aliphatic rings. The Balaban J connectivity index is 1.90. The normalized spacial score (nSPS) is 23.4. The molecule has 3 nitrogen and oxygen atoms in total. The third kappa shape index (κ3) is 5.06. The van der Waals surface area contributed by atoms with Gasteiger partial charge in [-0.25, -0.2) is 0 Å². The molecule has 19 heavy (non-hydrogen) atoms. The Morgan fingerprint density at radius 1 is 0.895 bits per heavy atom. The van der Waals surface area contributed by atoms with Crippen molar-refractivity contribution < 1.29 is 13.6 Å². The molecule has 0 bridgehead atoms. The Morgan fingerprint density at radius 3 is 1.68 bits per heavy atom. The fourth-order valence-corrected chi connectivity index (χ4v) is 4.93. The second-order valence-corrected chi connectivity index (χ2v) is 7.82. The lowest BCUT2D eigenvalue weighted by Crippen LogP contribution is -2.21. The van der Waals surface area contributed by atoms with Crippen LogP contribution in [0.5, 0.6) is 0 Å². The zero-order chi connectivity index (χ0) is 13.6. The molecule has 0 aromatic rings. The molecular formula is C15H27O3P.